The molecule has 0 atom stereocenters. The van der Waals surface area contributed by atoms with Crippen LogP contribution in [0.2, 0.25) is 0 Å². The second-order valence-electron chi connectivity index (χ2n) is 27.9. The summed E-state index contributed by atoms with van der Waals surface area (Å²) in [5, 5.41) is 0. The molecular weight excluding hydrogens is 1760 g/mol. The summed E-state index contributed by atoms with van der Waals surface area (Å²) < 4.78 is 209. The van der Waals surface area contributed by atoms with Crippen molar-refractivity contribution in [2.24, 2.45) is 0 Å². The minimum absolute atomic E-state index is 0. The zero-order valence-corrected chi connectivity index (χ0v) is 69.3. The van der Waals surface area contributed by atoms with Gasteiger partial charge in [-0.25, -0.2) is 19.9 Å². The number of nitrogens with zero attached hydrogens (tertiary/aromatic N) is 8. The number of benzene rings is 8. The minimum atomic E-state index is -4.64. The Labute approximate surface area is 717 Å². The van der Waals surface area contributed by atoms with E-state index in [-0.39, 0.29) is 63.5 Å². The molecule has 16 bridgehead atoms. The minimum Gasteiger partial charge on any atom is -0.657 e. The maximum Gasteiger partial charge on any atom is 3.00 e. The molecule has 18 rings (SSSR count). The second-order valence-corrected chi connectivity index (χ2v) is 36.4. The van der Waals surface area contributed by atoms with Gasteiger partial charge in [-0.15, -0.1) is 44.1 Å². The van der Waals surface area contributed by atoms with Crippen LogP contribution in [0.25, 0.3) is 193 Å². The van der Waals surface area contributed by atoms with Crippen LogP contribution in [0.15, 0.2) is 272 Å². The third-order valence-electron chi connectivity index (χ3n) is 20.5. The van der Waals surface area contributed by atoms with Crippen molar-refractivity contribution < 1.29 is 112 Å². The average Bonchev–Trinajstić information content (AvgIpc) is 1.61. The van der Waals surface area contributed by atoms with Gasteiger partial charge in [-0.3, -0.25) is 27.3 Å². The number of rotatable bonds is 15. The number of aromatic nitrogens is 8. The Hall–Kier alpha value is -12.5. The van der Waals surface area contributed by atoms with Gasteiger partial charge >= 0.3 is 34.1 Å². The summed E-state index contributed by atoms with van der Waals surface area (Å²) in [6.45, 7) is 0. The molecule has 14 aromatic rings. The molecule has 0 fully saturated rings. The summed E-state index contributed by atoms with van der Waals surface area (Å²) in [5.41, 5.74) is 14.9. The van der Waals surface area contributed by atoms with Crippen molar-refractivity contribution in [3.63, 3.8) is 0 Å². The van der Waals surface area contributed by atoms with Crippen LogP contribution in [0.4, 0.5) is 0 Å². The molecule has 0 radical (unpaired) electrons. The van der Waals surface area contributed by atoms with E-state index in [1.807, 2.05) is 48.5 Å². The molecule has 8 aromatic carbocycles. The van der Waals surface area contributed by atoms with Crippen molar-refractivity contribution in [3.8, 4) is 100 Å². The Kier molecular flexibility index (Phi) is 21.4. The second kappa shape index (κ2) is 31.5. The van der Waals surface area contributed by atoms with Crippen LogP contribution in [-0.2, 0) is 94.8 Å². The van der Waals surface area contributed by atoms with Gasteiger partial charge in [-0.2, -0.15) is 50.5 Å². The molecule has 0 unspecified atom stereocenters. The molecule has 0 spiro atoms. The van der Waals surface area contributed by atoms with Crippen molar-refractivity contribution in [2.45, 2.75) is 29.4 Å². The van der Waals surface area contributed by atoms with E-state index < -0.39 is 60.7 Å². The van der Waals surface area contributed by atoms with E-state index in [2.05, 4.69) is 0 Å². The third-order valence-corrected chi connectivity index (χ3v) is 25.8. The summed E-state index contributed by atoms with van der Waals surface area (Å²) in [6.07, 6.45) is 14.0. The van der Waals surface area contributed by atoms with Gasteiger partial charge in [-0.05, 0) is 222 Å². The van der Waals surface area contributed by atoms with Gasteiger partial charge in [0.15, 0.2) is 0 Å². The number of hydrogen-bond donors (Lipinski definition) is 6. The van der Waals surface area contributed by atoms with Gasteiger partial charge in [0.2, 0.25) is 0 Å². The molecule has 0 amide bonds. The molecule has 10 heterocycles. The summed E-state index contributed by atoms with van der Waals surface area (Å²) in [7, 11) is -27.8. The normalized spacial score (nSPS) is 12.8. The van der Waals surface area contributed by atoms with Crippen LogP contribution in [-0.4, -0.2) is 97.8 Å². The Balaban J connectivity index is 0.00000552. The molecule has 122 heavy (non-hydrogen) atoms. The molecule has 4 aliphatic rings. The van der Waals surface area contributed by atoms with Crippen LogP contribution in [0.3, 0.4) is 0 Å². The molecule has 0 saturated heterocycles. The predicted octanol–water partition coefficient (Wildman–Crippen LogP) is 16.6. The molecule has 602 valence electrons. The van der Waals surface area contributed by atoms with Crippen molar-refractivity contribution in [2.75, 3.05) is 0 Å². The predicted molar refractivity (Wildman–Crippen MR) is 455 cm³/mol. The van der Waals surface area contributed by atoms with Crippen LogP contribution in [0.5, 0.6) is 0 Å². The third kappa shape index (κ3) is 16.1. The SMILES string of the molecule is O=S(=O)(O)c1ccc(-c2c3nc(c(-c4ccc(S(=O)(=O)O)cc4)c4ccc([n-]4)c(-c4ccc(S(=O)(=O)O)cc4)c4nc(c(-c5ccc(-c6ccc(-c7c8nc(c(-c9ccc(S(=O)(=O)O)cc9)c9ccc([n-]9)c(-c9ccc(S(=O)(=O)O)cc9)c9nc(c(-c%10ccc(S(=O)(=O)O)cc%10)c%10ccc7[n-]%10)C=C9)C=C8)cc6)cc5)c5ccc2[n-]5)C=C4)C=C3)cc1.[Mn+3].[Mn+3]. The van der Waals surface area contributed by atoms with E-state index in [4.69, 9.17) is 39.9 Å². The average molecular weight is 1810 g/mol. The standard InChI is InChI=1S/C88H54N8O18S6.2Mn/c97-115(98,99)59-21-9-53(10-22-59)83-69-37-33-65(89-69)81(66-34-38-70(90-66)84(54-11-23-60(24-12-54)116(100,101)102)74-42-46-78(94-74)87(77-45-41-73(83)93-77)57-17-29-63(30-18-57)119(109,110)111)51-5-1-49(2-6-51)50-3-7-52(8-4-50)82-67-35-39-71(91-67)85(55-13-25-61(26-14-55)117(103,104)105)75-43-47-79(95-75)88(58-19-31-64(32-20-58)120(112,113)114)80-48-44-76(96-80)86(72-40-36-68(82)92-72)56-15-27-62(28-16-56)118(106,107)108;;/h1-48H,(H,97,98,99)(H,100,101,102)(H,103,104,105)(H,106,107,108)(H,109,110,111)(H,112,113,114);;/q-4;2*+3. The summed E-state index contributed by atoms with van der Waals surface area (Å²) >= 11 is 0. The number of hydrogen-bond acceptors (Lipinski definition) is 16. The van der Waals surface area contributed by atoms with Crippen molar-refractivity contribution in [1.29, 1.82) is 0 Å². The first kappa shape index (κ1) is 83.1. The molecular formula is C88H54Mn2N8O18S6+2. The zero-order valence-electron chi connectivity index (χ0n) is 62.1. The zero-order chi connectivity index (χ0) is 83.7. The number of fused-ring (bicyclic) bond motifs is 16. The monoisotopic (exact) mass is 1810 g/mol. The van der Waals surface area contributed by atoms with Gasteiger partial charge in [0.25, 0.3) is 60.7 Å². The van der Waals surface area contributed by atoms with Gasteiger partial charge < -0.3 is 19.9 Å². The first-order chi connectivity index (χ1) is 57.2. The Bertz CT molecular complexity index is 7380. The quantitative estimate of drug-likeness (QED) is 0.0410. The summed E-state index contributed by atoms with van der Waals surface area (Å²) in [4.78, 5) is 39.7. The van der Waals surface area contributed by atoms with Crippen molar-refractivity contribution in [1.82, 2.24) is 39.9 Å². The van der Waals surface area contributed by atoms with Crippen LogP contribution >= 0.6 is 0 Å². The van der Waals surface area contributed by atoms with Gasteiger partial charge in [0.1, 0.15) is 0 Å². The summed E-state index contributed by atoms with van der Waals surface area (Å²) in [5.74, 6) is 0. The van der Waals surface area contributed by atoms with E-state index in [0.29, 0.717) is 179 Å². The van der Waals surface area contributed by atoms with E-state index >= 15 is 0 Å². The molecule has 26 nitrogen and oxygen atoms in total. The Morgan fingerprint density at radius 3 is 0.385 bits per heavy atom. The van der Waals surface area contributed by atoms with E-state index in [0.717, 1.165) is 11.1 Å². The van der Waals surface area contributed by atoms with Crippen molar-refractivity contribution >= 4 is 153 Å². The van der Waals surface area contributed by atoms with Crippen LogP contribution in [0.1, 0.15) is 45.6 Å². The van der Waals surface area contributed by atoms with Crippen LogP contribution < -0.4 is 19.9 Å². The fraction of sp³-hybridized carbons (Fsp3) is 0. The smallest absolute Gasteiger partial charge is 0.657 e. The molecule has 4 aliphatic heterocycles. The fourth-order valence-electron chi connectivity index (χ4n) is 15.0. The first-order valence-electron chi connectivity index (χ1n) is 36.0. The van der Waals surface area contributed by atoms with Gasteiger partial charge in [0, 0.05) is 0 Å². The maximum atomic E-state index is 12.4. The first-order valence-corrected chi connectivity index (χ1v) is 44.6. The molecule has 34 heteroatoms. The maximum absolute atomic E-state index is 12.4. The van der Waals surface area contributed by atoms with E-state index in [1.165, 1.54) is 146 Å². The van der Waals surface area contributed by atoms with Gasteiger partial charge in [0.05, 0.1) is 74.9 Å². The largest absolute Gasteiger partial charge is 3.00 e. The van der Waals surface area contributed by atoms with Crippen LogP contribution in [0, 0.1) is 0 Å². The Morgan fingerprint density at radius 1 is 0.164 bits per heavy atom. The summed E-state index contributed by atoms with van der Waals surface area (Å²) in [6, 6.07) is 62.2. The Morgan fingerprint density at radius 2 is 0.270 bits per heavy atom. The fourth-order valence-corrected chi connectivity index (χ4v) is 17.8. The van der Waals surface area contributed by atoms with Crippen molar-refractivity contribution in [3.05, 3.63) is 288 Å². The molecule has 0 saturated carbocycles. The van der Waals surface area contributed by atoms with E-state index in [9.17, 15) is 77.8 Å². The molecule has 0 aliphatic carbocycles. The van der Waals surface area contributed by atoms with Gasteiger partial charge in [-0.1, -0.05) is 170 Å². The molecule has 6 aromatic heterocycles. The van der Waals surface area contributed by atoms with E-state index in [1.54, 1.807) is 97.1 Å². The topological polar surface area (TPSA) is 434 Å². The molecule has 6 N–H and O–H groups in total.